The number of carbonyl (C=O) groups is 1. The van der Waals surface area contributed by atoms with E-state index in [4.69, 9.17) is 0 Å². The normalized spacial score (nSPS) is 15.9. The number of hydrogen-bond acceptors (Lipinski definition) is 1. The van der Waals surface area contributed by atoms with Crippen molar-refractivity contribution < 1.29 is 9.90 Å². The number of unbranched alkanes of at least 4 members (excludes halogenated alkanes) is 2. The highest BCUT2D eigenvalue weighted by atomic mass is 16.4. The van der Waals surface area contributed by atoms with Crippen LogP contribution < -0.4 is 0 Å². The van der Waals surface area contributed by atoms with Crippen LogP contribution in [0.4, 0.5) is 0 Å². The van der Waals surface area contributed by atoms with E-state index in [9.17, 15) is 9.90 Å². The van der Waals surface area contributed by atoms with Crippen molar-refractivity contribution in [3.63, 3.8) is 0 Å². The van der Waals surface area contributed by atoms with Crippen LogP contribution in [0.5, 0.6) is 0 Å². The second-order valence-electron chi connectivity index (χ2n) is 5.27. The molecule has 1 N–H and O–H groups in total. The van der Waals surface area contributed by atoms with E-state index in [-0.39, 0.29) is 5.92 Å². The average molecular weight is 248 g/mol. The van der Waals surface area contributed by atoms with Gasteiger partial charge in [-0.1, -0.05) is 63.4 Å². The van der Waals surface area contributed by atoms with Crippen LogP contribution in [0.15, 0.2) is 30.3 Å². The molecule has 2 atom stereocenters. The van der Waals surface area contributed by atoms with Crippen LogP contribution in [-0.2, 0) is 10.2 Å². The van der Waals surface area contributed by atoms with Gasteiger partial charge in [-0.05, 0) is 24.8 Å². The molecule has 2 unspecified atom stereocenters. The molecule has 2 nitrogen and oxygen atoms in total. The maximum absolute atomic E-state index is 11.7. The van der Waals surface area contributed by atoms with Crippen molar-refractivity contribution in [1.82, 2.24) is 0 Å². The van der Waals surface area contributed by atoms with Crippen molar-refractivity contribution in [2.75, 3.05) is 0 Å². The molecule has 18 heavy (non-hydrogen) atoms. The minimum atomic E-state index is -0.783. The Kier molecular flexibility index (Phi) is 5.39. The van der Waals surface area contributed by atoms with E-state index in [2.05, 4.69) is 13.8 Å². The monoisotopic (exact) mass is 248 g/mol. The van der Waals surface area contributed by atoms with E-state index in [1.54, 1.807) is 0 Å². The maximum atomic E-state index is 11.7. The van der Waals surface area contributed by atoms with Gasteiger partial charge in [0.1, 0.15) is 0 Å². The third-order valence-corrected chi connectivity index (χ3v) is 4.04. The van der Waals surface area contributed by atoms with Crippen molar-refractivity contribution >= 4 is 5.97 Å². The summed E-state index contributed by atoms with van der Waals surface area (Å²) in [6, 6.07) is 9.59. The smallest absolute Gasteiger partial charge is 0.314 e. The van der Waals surface area contributed by atoms with Crippen molar-refractivity contribution in [2.45, 2.75) is 51.9 Å². The second-order valence-corrected chi connectivity index (χ2v) is 5.27. The Hall–Kier alpha value is -1.31. The molecule has 1 aromatic carbocycles. The van der Waals surface area contributed by atoms with Gasteiger partial charge in [-0.2, -0.15) is 0 Å². The zero-order valence-electron chi connectivity index (χ0n) is 11.6. The Balaban J connectivity index is 2.90. The molecule has 0 saturated heterocycles. The Morgan fingerprint density at radius 2 is 1.89 bits per heavy atom. The highest BCUT2D eigenvalue weighted by Gasteiger charge is 2.40. The van der Waals surface area contributed by atoms with Gasteiger partial charge in [0, 0.05) is 0 Å². The first-order valence-corrected chi connectivity index (χ1v) is 6.82. The first-order chi connectivity index (χ1) is 8.53. The fourth-order valence-electron chi connectivity index (χ4n) is 2.39. The van der Waals surface area contributed by atoms with Gasteiger partial charge < -0.3 is 5.11 Å². The lowest BCUT2D eigenvalue weighted by atomic mass is 9.71. The number of carboxylic acid groups (broad SMARTS) is 1. The molecule has 100 valence electrons. The lowest BCUT2D eigenvalue weighted by Gasteiger charge is -2.32. The largest absolute Gasteiger partial charge is 0.481 e. The van der Waals surface area contributed by atoms with Gasteiger partial charge in [-0.25, -0.2) is 0 Å². The van der Waals surface area contributed by atoms with E-state index in [0.717, 1.165) is 18.4 Å². The number of hydrogen-bond donors (Lipinski definition) is 1. The van der Waals surface area contributed by atoms with Crippen LogP contribution in [0.1, 0.15) is 52.0 Å². The number of carboxylic acids is 1. The molecule has 0 aliphatic carbocycles. The predicted molar refractivity (Wildman–Crippen MR) is 74.7 cm³/mol. The van der Waals surface area contributed by atoms with Crippen molar-refractivity contribution in [2.24, 2.45) is 5.92 Å². The summed E-state index contributed by atoms with van der Waals surface area (Å²) in [7, 11) is 0. The quantitative estimate of drug-likeness (QED) is 0.733. The molecular formula is C16H24O2. The minimum Gasteiger partial charge on any atom is -0.481 e. The van der Waals surface area contributed by atoms with Crippen LogP contribution in [0, 0.1) is 5.92 Å². The lowest BCUT2D eigenvalue weighted by Crippen LogP contribution is -2.39. The summed E-state index contributed by atoms with van der Waals surface area (Å²) in [6.45, 7) is 6.07. The molecule has 0 aliphatic heterocycles. The summed E-state index contributed by atoms with van der Waals surface area (Å²) in [5, 5.41) is 9.61. The first kappa shape index (κ1) is 14.7. The van der Waals surface area contributed by atoms with Crippen LogP contribution in [0.25, 0.3) is 0 Å². The summed E-state index contributed by atoms with van der Waals surface area (Å²) in [4.78, 5) is 11.7. The topological polar surface area (TPSA) is 37.3 Å². The second kappa shape index (κ2) is 6.58. The third kappa shape index (κ3) is 3.12. The van der Waals surface area contributed by atoms with Crippen LogP contribution in [0.2, 0.25) is 0 Å². The van der Waals surface area contributed by atoms with Gasteiger partial charge in [0.15, 0.2) is 0 Å². The molecule has 0 spiro atoms. The molecule has 2 heteroatoms. The van der Waals surface area contributed by atoms with E-state index in [1.165, 1.54) is 12.8 Å². The van der Waals surface area contributed by atoms with Gasteiger partial charge in [0.25, 0.3) is 0 Å². The van der Waals surface area contributed by atoms with Gasteiger partial charge in [-0.15, -0.1) is 0 Å². The van der Waals surface area contributed by atoms with E-state index in [1.807, 2.05) is 37.3 Å². The van der Waals surface area contributed by atoms with Crippen LogP contribution >= 0.6 is 0 Å². The molecule has 0 radical (unpaired) electrons. The van der Waals surface area contributed by atoms with Gasteiger partial charge >= 0.3 is 5.97 Å². The summed E-state index contributed by atoms with van der Waals surface area (Å²) in [5.74, 6) is -0.582. The summed E-state index contributed by atoms with van der Waals surface area (Å²) in [6.07, 6.45) is 4.41. The zero-order valence-corrected chi connectivity index (χ0v) is 11.6. The average Bonchev–Trinajstić information content (AvgIpc) is 2.38. The molecule has 1 rings (SSSR count). The zero-order chi connectivity index (χ0) is 13.6. The lowest BCUT2D eigenvalue weighted by molar-refractivity contribution is -0.145. The van der Waals surface area contributed by atoms with E-state index < -0.39 is 11.4 Å². The molecular weight excluding hydrogens is 224 g/mol. The SMILES string of the molecule is CCCCCC(C)C(C)(C(=O)O)c1ccccc1. The molecule has 0 bridgehead atoms. The van der Waals surface area contributed by atoms with Crippen molar-refractivity contribution in [3.8, 4) is 0 Å². The Morgan fingerprint density at radius 3 is 2.39 bits per heavy atom. The van der Waals surface area contributed by atoms with E-state index in [0.29, 0.717) is 0 Å². The maximum Gasteiger partial charge on any atom is 0.314 e. The van der Waals surface area contributed by atoms with E-state index >= 15 is 0 Å². The summed E-state index contributed by atoms with van der Waals surface area (Å²) < 4.78 is 0. The van der Waals surface area contributed by atoms with Crippen LogP contribution in [-0.4, -0.2) is 11.1 Å². The fraction of sp³-hybridized carbons (Fsp3) is 0.562. The van der Waals surface area contributed by atoms with Crippen molar-refractivity contribution in [1.29, 1.82) is 0 Å². The predicted octanol–water partition coefficient (Wildman–Crippen LogP) is 4.25. The van der Waals surface area contributed by atoms with Gasteiger partial charge in [-0.3, -0.25) is 4.79 Å². The van der Waals surface area contributed by atoms with Gasteiger partial charge in [0.2, 0.25) is 0 Å². The Morgan fingerprint density at radius 1 is 1.28 bits per heavy atom. The molecule has 0 heterocycles. The van der Waals surface area contributed by atoms with Crippen LogP contribution in [0.3, 0.4) is 0 Å². The first-order valence-electron chi connectivity index (χ1n) is 6.82. The number of benzene rings is 1. The standard InChI is InChI=1S/C16H24O2/c1-4-5-7-10-13(2)16(3,15(17)18)14-11-8-6-9-12-14/h6,8-9,11-13H,4-5,7,10H2,1-3H3,(H,17,18). The molecule has 0 aromatic heterocycles. The van der Waals surface area contributed by atoms with Gasteiger partial charge in [0.05, 0.1) is 5.41 Å². The highest BCUT2D eigenvalue weighted by molar-refractivity contribution is 5.81. The summed E-state index contributed by atoms with van der Waals surface area (Å²) >= 11 is 0. The summed E-state index contributed by atoms with van der Waals surface area (Å²) in [5.41, 5.74) is 0.121. The van der Waals surface area contributed by atoms with Crippen molar-refractivity contribution in [3.05, 3.63) is 35.9 Å². The third-order valence-electron chi connectivity index (χ3n) is 4.04. The molecule has 0 amide bonds. The molecule has 0 aliphatic rings. The molecule has 0 fully saturated rings. The molecule has 0 saturated carbocycles. The number of rotatable bonds is 7. The number of aliphatic carboxylic acids is 1. The minimum absolute atomic E-state index is 0.143. The fourth-order valence-corrected chi connectivity index (χ4v) is 2.39. The Labute approximate surface area is 110 Å². The Bertz CT molecular complexity index is 372. The highest BCUT2D eigenvalue weighted by Crippen LogP contribution is 2.35. The molecule has 1 aromatic rings.